The fourth-order valence-electron chi connectivity index (χ4n) is 2.19. The van der Waals surface area contributed by atoms with Crippen LogP contribution in [0.15, 0.2) is 30.3 Å². The minimum absolute atomic E-state index is 0.145. The summed E-state index contributed by atoms with van der Waals surface area (Å²) in [7, 11) is 1.33. The minimum atomic E-state index is -0.654. The number of carbonyl (C=O) groups excluding carboxylic acids is 2. The third-order valence-electron chi connectivity index (χ3n) is 3.32. The molecule has 0 aromatic heterocycles. The van der Waals surface area contributed by atoms with Crippen molar-refractivity contribution in [2.24, 2.45) is 0 Å². The van der Waals surface area contributed by atoms with Gasteiger partial charge in [0.05, 0.1) is 13.2 Å². The van der Waals surface area contributed by atoms with Crippen molar-refractivity contribution < 1.29 is 14.3 Å². The van der Waals surface area contributed by atoms with E-state index in [0.717, 1.165) is 23.6 Å². The van der Waals surface area contributed by atoms with Crippen LogP contribution in [0.3, 0.4) is 0 Å². The smallest absolute Gasteiger partial charge is 0.328 e. The highest BCUT2D eigenvalue weighted by atomic mass is 32.2. The van der Waals surface area contributed by atoms with E-state index in [9.17, 15) is 9.59 Å². The summed E-state index contributed by atoms with van der Waals surface area (Å²) >= 11 is 1.74. The van der Waals surface area contributed by atoms with Gasteiger partial charge in [0.15, 0.2) is 0 Å². The Labute approximate surface area is 128 Å². The number of amides is 1. The van der Waals surface area contributed by atoms with Crippen molar-refractivity contribution in [3.05, 3.63) is 35.9 Å². The first kappa shape index (κ1) is 15.9. The first-order valence-corrected chi connectivity index (χ1v) is 8.09. The summed E-state index contributed by atoms with van der Waals surface area (Å²) in [6.45, 7) is 0.810. The largest absolute Gasteiger partial charge is 0.467 e. The van der Waals surface area contributed by atoms with Crippen LogP contribution in [0.2, 0.25) is 0 Å². The van der Waals surface area contributed by atoms with Crippen LogP contribution < -0.4 is 10.6 Å². The normalized spacial score (nSPS) is 19.6. The van der Waals surface area contributed by atoms with Crippen LogP contribution in [-0.2, 0) is 20.7 Å². The molecule has 2 unspecified atom stereocenters. The van der Waals surface area contributed by atoms with Gasteiger partial charge in [0.1, 0.15) is 6.04 Å². The zero-order valence-electron chi connectivity index (χ0n) is 12.0. The molecule has 1 aliphatic rings. The average Bonchev–Trinajstić information content (AvgIpc) is 2.55. The lowest BCUT2D eigenvalue weighted by Crippen LogP contribution is -2.53. The predicted octanol–water partition coefficient (Wildman–Crippen LogP) is 0.592. The van der Waals surface area contributed by atoms with Gasteiger partial charge in [-0.15, -0.1) is 0 Å². The molecule has 0 radical (unpaired) electrons. The number of thioether (sulfide) groups is 1. The molecular formula is C15H20N2O3S. The van der Waals surface area contributed by atoms with E-state index in [-0.39, 0.29) is 11.9 Å². The van der Waals surface area contributed by atoms with E-state index in [2.05, 4.69) is 10.6 Å². The summed E-state index contributed by atoms with van der Waals surface area (Å²) in [6, 6.07) is 8.69. The van der Waals surface area contributed by atoms with Gasteiger partial charge in [-0.2, -0.15) is 11.8 Å². The van der Waals surface area contributed by atoms with Crippen molar-refractivity contribution >= 4 is 23.6 Å². The maximum atomic E-state index is 12.2. The zero-order chi connectivity index (χ0) is 15.1. The standard InChI is InChI=1S/C15H20N2O3S/c1-20-15(19)12(9-11-5-3-2-4-6-11)17-14(18)13-10-21-8-7-16-13/h2-6,12-13,16H,7-10H2,1H3,(H,17,18). The van der Waals surface area contributed by atoms with Crippen LogP contribution in [0.5, 0.6) is 0 Å². The number of ether oxygens (including phenoxy) is 1. The van der Waals surface area contributed by atoms with Gasteiger partial charge < -0.3 is 15.4 Å². The molecule has 1 amide bonds. The number of esters is 1. The fourth-order valence-corrected chi connectivity index (χ4v) is 3.13. The highest BCUT2D eigenvalue weighted by molar-refractivity contribution is 7.99. The Morgan fingerprint density at radius 1 is 1.43 bits per heavy atom. The zero-order valence-corrected chi connectivity index (χ0v) is 12.8. The SMILES string of the molecule is COC(=O)C(Cc1ccccc1)NC(=O)C1CSCCN1. The lowest BCUT2D eigenvalue weighted by atomic mass is 10.1. The lowest BCUT2D eigenvalue weighted by Gasteiger charge is -2.24. The van der Waals surface area contributed by atoms with Gasteiger partial charge in [-0.1, -0.05) is 30.3 Å². The third kappa shape index (κ3) is 4.75. The summed E-state index contributed by atoms with van der Waals surface area (Å²) in [6.07, 6.45) is 0.430. The second-order valence-electron chi connectivity index (χ2n) is 4.86. The van der Waals surface area contributed by atoms with Gasteiger partial charge in [-0.3, -0.25) is 4.79 Å². The molecule has 2 atom stereocenters. The number of hydrogen-bond acceptors (Lipinski definition) is 5. The fraction of sp³-hybridized carbons (Fsp3) is 0.467. The van der Waals surface area contributed by atoms with E-state index >= 15 is 0 Å². The van der Waals surface area contributed by atoms with Crippen LogP contribution >= 0.6 is 11.8 Å². The number of rotatable bonds is 5. The Balaban J connectivity index is 1.99. The summed E-state index contributed by atoms with van der Waals surface area (Å²) in [5, 5.41) is 5.96. The number of nitrogens with one attached hydrogen (secondary N) is 2. The molecule has 5 nitrogen and oxygen atoms in total. The first-order valence-electron chi connectivity index (χ1n) is 6.94. The summed E-state index contributed by atoms with van der Waals surface area (Å²) in [4.78, 5) is 24.1. The molecule has 1 aromatic carbocycles. The molecule has 2 N–H and O–H groups in total. The molecule has 6 heteroatoms. The van der Waals surface area contributed by atoms with E-state index in [4.69, 9.17) is 4.74 Å². The van der Waals surface area contributed by atoms with Crippen molar-refractivity contribution in [2.75, 3.05) is 25.2 Å². The van der Waals surface area contributed by atoms with Crippen LogP contribution in [0.1, 0.15) is 5.56 Å². The van der Waals surface area contributed by atoms with Crippen molar-refractivity contribution in [1.82, 2.24) is 10.6 Å². The minimum Gasteiger partial charge on any atom is -0.467 e. The third-order valence-corrected chi connectivity index (χ3v) is 4.38. The van der Waals surface area contributed by atoms with Gasteiger partial charge in [-0.05, 0) is 5.56 Å². The number of hydrogen-bond donors (Lipinski definition) is 2. The van der Waals surface area contributed by atoms with E-state index in [1.165, 1.54) is 7.11 Å². The number of carbonyl (C=O) groups is 2. The van der Waals surface area contributed by atoms with Crippen LogP contribution in [-0.4, -0.2) is 49.1 Å². The molecule has 1 heterocycles. The number of benzene rings is 1. The first-order chi connectivity index (χ1) is 10.2. The lowest BCUT2D eigenvalue weighted by molar-refractivity contribution is -0.145. The Kier molecular flexibility index (Phi) is 6.07. The van der Waals surface area contributed by atoms with Gasteiger partial charge in [0.2, 0.25) is 5.91 Å². The van der Waals surface area contributed by atoms with Gasteiger partial charge >= 0.3 is 5.97 Å². The van der Waals surface area contributed by atoms with Crippen molar-refractivity contribution in [2.45, 2.75) is 18.5 Å². The molecule has 114 valence electrons. The highest BCUT2D eigenvalue weighted by Crippen LogP contribution is 2.09. The van der Waals surface area contributed by atoms with Crippen LogP contribution in [0, 0.1) is 0 Å². The maximum Gasteiger partial charge on any atom is 0.328 e. The number of methoxy groups -OCH3 is 1. The molecule has 1 aliphatic heterocycles. The average molecular weight is 308 g/mol. The van der Waals surface area contributed by atoms with Gasteiger partial charge in [0.25, 0.3) is 0 Å². The molecule has 21 heavy (non-hydrogen) atoms. The Hall–Kier alpha value is -1.53. The second-order valence-corrected chi connectivity index (χ2v) is 6.01. The summed E-state index contributed by atoms with van der Waals surface area (Å²) in [5.41, 5.74) is 0.985. The molecule has 0 bridgehead atoms. The molecule has 1 saturated heterocycles. The predicted molar refractivity (Wildman–Crippen MR) is 83.2 cm³/mol. The van der Waals surface area contributed by atoms with Crippen molar-refractivity contribution in [3.8, 4) is 0 Å². The maximum absolute atomic E-state index is 12.2. The monoisotopic (exact) mass is 308 g/mol. The van der Waals surface area contributed by atoms with E-state index in [1.54, 1.807) is 11.8 Å². The molecule has 0 aliphatic carbocycles. The molecule has 0 spiro atoms. The van der Waals surface area contributed by atoms with E-state index < -0.39 is 12.0 Å². The van der Waals surface area contributed by atoms with E-state index in [1.807, 2.05) is 30.3 Å². The Morgan fingerprint density at radius 2 is 2.19 bits per heavy atom. The topological polar surface area (TPSA) is 67.4 Å². The molecule has 2 rings (SSSR count). The van der Waals surface area contributed by atoms with Gasteiger partial charge in [0, 0.05) is 24.5 Å². The Bertz CT molecular complexity index is 475. The summed E-state index contributed by atoms with van der Waals surface area (Å²) in [5.74, 6) is 1.17. The molecular weight excluding hydrogens is 288 g/mol. The van der Waals surface area contributed by atoms with Gasteiger partial charge in [-0.25, -0.2) is 4.79 Å². The summed E-state index contributed by atoms with van der Waals surface area (Å²) < 4.78 is 4.79. The quantitative estimate of drug-likeness (QED) is 0.780. The second kappa shape index (κ2) is 8.05. The van der Waals surface area contributed by atoms with Crippen molar-refractivity contribution in [3.63, 3.8) is 0 Å². The van der Waals surface area contributed by atoms with Crippen LogP contribution in [0.25, 0.3) is 0 Å². The molecule has 1 aromatic rings. The molecule has 0 saturated carbocycles. The molecule has 1 fully saturated rings. The van der Waals surface area contributed by atoms with E-state index in [0.29, 0.717) is 6.42 Å². The Morgan fingerprint density at radius 3 is 2.81 bits per heavy atom. The van der Waals surface area contributed by atoms with Crippen LogP contribution in [0.4, 0.5) is 0 Å². The highest BCUT2D eigenvalue weighted by Gasteiger charge is 2.27. The van der Waals surface area contributed by atoms with Crippen molar-refractivity contribution in [1.29, 1.82) is 0 Å².